The first kappa shape index (κ1) is 22.1. The largest absolute Gasteiger partial charge is 0.497 e. The fraction of sp³-hybridized carbons (Fsp3) is 0.409. The highest BCUT2D eigenvalue weighted by molar-refractivity contribution is 7.15. The molecule has 1 fully saturated rings. The van der Waals surface area contributed by atoms with E-state index in [2.05, 4.69) is 30.6 Å². The van der Waals surface area contributed by atoms with Crippen molar-refractivity contribution >= 4 is 28.2 Å². The quantitative estimate of drug-likeness (QED) is 0.526. The summed E-state index contributed by atoms with van der Waals surface area (Å²) < 4.78 is 10.9. The Morgan fingerprint density at radius 3 is 2.81 bits per heavy atom. The molecule has 9 nitrogen and oxygen atoms in total. The van der Waals surface area contributed by atoms with E-state index in [4.69, 9.17) is 9.47 Å². The second kappa shape index (κ2) is 10.5. The molecule has 3 heterocycles. The van der Waals surface area contributed by atoms with Crippen LogP contribution < -0.4 is 15.0 Å². The fourth-order valence-corrected chi connectivity index (χ4v) is 4.60. The molecule has 32 heavy (non-hydrogen) atoms. The van der Waals surface area contributed by atoms with Gasteiger partial charge in [0.25, 0.3) is 5.91 Å². The Morgan fingerprint density at radius 2 is 2.09 bits per heavy atom. The summed E-state index contributed by atoms with van der Waals surface area (Å²) in [5, 5.41) is 20.8. The van der Waals surface area contributed by atoms with Gasteiger partial charge in [-0.05, 0) is 49.1 Å². The van der Waals surface area contributed by atoms with E-state index in [1.165, 1.54) is 11.3 Å². The van der Waals surface area contributed by atoms with E-state index in [0.717, 1.165) is 48.1 Å². The molecule has 1 amide bonds. The molecule has 1 aromatic carbocycles. The Bertz CT molecular complexity index is 1010. The lowest BCUT2D eigenvalue weighted by Gasteiger charge is -2.16. The molecule has 2 aromatic heterocycles. The summed E-state index contributed by atoms with van der Waals surface area (Å²) in [5.41, 5.74) is 0.755. The lowest BCUT2D eigenvalue weighted by atomic mass is 10.1. The summed E-state index contributed by atoms with van der Waals surface area (Å²) in [7, 11) is 1.60. The molecular weight excluding hydrogens is 428 g/mol. The minimum atomic E-state index is -0.728. The van der Waals surface area contributed by atoms with Gasteiger partial charge >= 0.3 is 0 Å². The van der Waals surface area contributed by atoms with Crippen LogP contribution in [0.3, 0.4) is 0 Å². The van der Waals surface area contributed by atoms with Crippen LogP contribution in [-0.4, -0.2) is 53.1 Å². The summed E-state index contributed by atoms with van der Waals surface area (Å²) in [6, 6.07) is 11.1. The number of ether oxygens (including phenoxy) is 2. The highest BCUT2D eigenvalue weighted by atomic mass is 32.1. The van der Waals surface area contributed by atoms with E-state index in [1.54, 1.807) is 13.3 Å². The lowest BCUT2D eigenvalue weighted by molar-refractivity contribution is -0.127. The average molecular weight is 455 g/mol. The molecule has 0 unspecified atom stereocenters. The molecule has 1 N–H and O–H groups in total. The Hall–Kier alpha value is -3.11. The number of nitrogens with one attached hydrogen (secondary N) is 1. The SMILES string of the molecule is CCO[C@@H](C(=O)Nc1nnc(C[C@@H]2CCN(c3cccnn3)C2)s1)c1ccc(OC)cc1. The van der Waals surface area contributed by atoms with Gasteiger partial charge in [0, 0.05) is 32.3 Å². The third kappa shape index (κ3) is 5.38. The van der Waals surface area contributed by atoms with Crippen molar-refractivity contribution in [2.75, 3.05) is 37.0 Å². The van der Waals surface area contributed by atoms with Crippen LogP contribution in [0.4, 0.5) is 10.9 Å². The molecule has 0 spiro atoms. The predicted octanol–water partition coefficient (Wildman–Crippen LogP) is 3.12. The third-order valence-electron chi connectivity index (χ3n) is 5.32. The van der Waals surface area contributed by atoms with E-state index in [1.807, 2.05) is 43.3 Å². The molecule has 0 radical (unpaired) electrons. The maximum atomic E-state index is 12.9. The van der Waals surface area contributed by atoms with Gasteiger partial charge in [-0.25, -0.2) is 0 Å². The van der Waals surface area contributed by atoms with Crippen LogP contribution in [0.5, 0.6) is 5.75 Å². The number of amides is 1. The van der Waals surface area contributed by atoms with Crippen molar-refractivity contribution < 1.29 is 14.3 Å². The monoisotopic (exact) mass is 454 g/mol. The van der Waals surface area contributed by atoms with Crippen LogP contribution >= 0.6 is 11.3 Å². The van der Waals surface area contributed by atoms with Gasteiger partial charge in [-0.2, -0.15) is 5.10 Å². The fourth-order valence-electron chi connectivity index (χ4n) is 3.74. The van der Waals surface area contributed by atoms with Crippen molar-refractivity contribution in [3.05, 3.63) is 53.2 Å². The van der Waals surface area contributed by atoms with Crippen LogP contribution in [0, 0.1) is 5.92 Å². The molecule has 4 rings (SSSR count). The van der Waals surface area contributed by atoms with Crippen molar-refractivity contribution in [2.24, 2.45) is 5.92 Å². The van der Waals surface area contributed by atoms with Crippen molar-refractivity contribution in [1.29, 1.82) is 0 Å². The van der Waals surface area contributed by atoms with E-state index in [-0.39, 0.29) is 5.91 Å². The number of anilines is 2. The number of benzene rings is 1. The number of rotatable bonds is 9. The third-order valence-corrected chi connectivity index (χ3v) is 6.18. The normalized spacial score (nSPS) is 16.7. The van der Waals surface area contributed by atoms with Crippen LogP contribution in [-0.2, 0) is 16.0 Å². The maximum absolute atomic E-state index is 12.9. The summed E-state index contributed by atoms with van der Waals surface area (Å²) in [6.07, 6.45) is 2.83. The van der Waals surface area contributed by atoms with Crippen molar-refractivity contribution in [3.63, 3.8) is 0 Å². The van der Waals surface area contributed by atoms with Gasteiger partial charge < -0.3 is 14.4 Å². The number of nitrogens with zero attached hydrogens (tertiary/aromatic N) is 5. The van der Waals surface area contributed by atoms with Crippen molar-refractivity contribution in [3.8, 4) is 5.75 Å². The molecule has 0 aliphatic carbocycles. The van der Waals surface area contributed by atoms with Gasteiger partial charge in [0.15, 0.2) is 11.9 Å². The Kier molecular flexibility index (Phi) is 7.23. The smallest absolute Gasteiger partial charge is 0.259 e. The highest BCUT2D eigenvalue weighted by Gasteiger charge is 2.26. The zero-order chi connectivity index (χ0) is 22.3. The van der Waals surface area contributed by atoms with Crippen molar-refractivity contribution in [2.45, 2.75) is 25.9 Å². The Balaban J connectivity index is 1.35. The Morgan fingerprint density at radius 1 is 1.25 bits per heavy atom. The molecule has 2 atom stereocenters. The second-order valence-corrected chi connectivity index (χ2v) is 8.55. The molecule has 0 bridgehead atoms. The van der Waals surface area contributed by atoms with E-state index >= 15 is 0 Å². The van der Waals surface area contributed by atoms with Crippen molar-refractivity contribution in [1.82, 2.24) is 20.4 Å². The molecule has 1 aliphatic heterocycles. The zero-order valence-corrected chi connectivity index (χ0v) is 18.9. The van der Waals surface area contributed by atoms with Gasteiger partial charge in [-0.3, -0.25) is 10.1 Å². The second-order valence-electron chi connectivity index (χ2n) is 7.49. The molecule has 1 aliphatic rings. The maximum Gasteiger partial charge on any atom is 0.259 e. The molecular formula is C22H26N6O3S. The van der Waals surface area contributed by atoms with Gasteiger partial charge in [0.1, 0.15) is 10.8 Å². The van der Waals surface area contributed by atoms with E-state index in [9.17, 15) is 4.79 Å². The molecule has 1 saturated heterocycles. The lowest BCUT2D eigenvalue weighted by Crippen LogP contribution is -2.23. The minimum absolute atomic E-state index is 0.269. The number of hydrogen-bond donors (Lipinski definition) is 1. The standard InChI is InChI=1S/C22H26N6O3S/c1-3-31-20(16-6-8-17(30-2)9-7-16)21(29)24-22-27-26-19(32-22)13-15-10-12-28(14-15)18-5-4-11-23-25-18/h4-9,11,15,20H,3,10,12-14H2,1-2H3,(H,24,27,29)/t15-,20+/m0/s1. The van der Waals surface area contributed by atoms with Gasteiger partial charge in [0.2, 0.25) is 5.13 Å². The van der Waals surface area contributed by atoms with Crippen LogP contribution in [0.2, 0.25) is 0 Å². The van der Waals surface area contributed by atoms with Gasteiger partial charge in [0.05, 0.1) is 7.11 Å². The summed E-state index contributed by atoms with van der Waals surface area (Å²) in [4.78, 5) is 15.1. The predicted molar refractivity (Wildman–Crippen MR) is 122 cm³/mol. The van der Waals surface area contributed by atoms with Crippen LogP contribution in [0.25, 0.3) is 0 Å². The number of carbonyl (C=O) groups excluding carboxylic acids is 1. The minimum Gasteiger partial charge on any atom is -0.497 e. The highest BCUT2D eigenvalue weighted by Crippen LogP contribution is 2.28. The first-order valence-corrected chi connectivity index (χ1v) is 11.4. The molecule has 10 heteroatoms. The van der Waals surface area contributed by atoms with Gasteiger partial charge in [-0.1, -0.05) is 23.5 Å². The summed E-state index contributed by atoms with van der Waals surface area (Å²) in [6.45, 7) is 4.13. The number of carbonyl (C=O) groups is 1. The van der Waals surface area contributed by atoms with Crippen LogP contribution in [0.1, 0.15) is 30.0 Å². The summed E-state index contributed by atoms with van der Waals surface area (Å²) >= 11 is 1.41. The summed E-state index contributed by atoms with van der Waals surface area (Å²) in [5.74, 6) is 1.82. The topological polar surface area (TPSA) is 102 Å². The average Bonchev–Trinajstić information content (AvgIpc) is 3.48. The number of methoxy groups -OCH3 is 1. The van der Waals surface area contributed by atoms with E-state index in [0.29, 0.717) is 17.7 Å². The van der Waals surface area contributed by atoms with Crippen LogP contribution in [0.15, 0.2) is 42.6 Å². The van der Waals surface area contributed by atoms with E-state index < -0.39 is 6.10 Å². The Labute approximate surface area is 190 Å². The van der Waals surface area contributed by atoms with Gasteiger partial charge in [-0.15, -0.1) is 15.3 Å². The first-order chi connectivity index (χ1) is 15.7. The molecule has 168 valence electrons. The first-order valence-electron chi connectivity index (χ1n) is 10.6. The number of aromatic nitrogens is 4. The molecule has 3 aromatic rings. The molecule has 0 saturated carbocycles. The zero-order valence-electron chi connectivity index (χ0n) is 18.1. The number of hydrogen-bond acceptors (Lipinski definition) is 9.